The molecule has 0 fully saturated rings. The highest BCUT2D eigenvalue weighted by Crippen LogP contribution is 2.28. The van der Waals surface area contributed by atoms with E-state index in [9.17, 15) is 14.4 Å². The number of carbonyl (C=O) groups is 3. The number of aromatic nitrogens is 3. The Hall–Kier alpha value is -4.44. The van der Waals surface area contributed by atoms with E-state index in [1.807, 2.05) is 66.7 Å². The molecule has 0 aliphatic heterocycles. The van der Waals surface area contributed by atoms with Gasteiger partial charge in [0.25, 0.3) is 5.91 Å². The zero-order valence-corrected chi connectivity index (χ0v) is 23.9. The molecule has 10 nitrogen and oxygen atoms in total. The quantitative estimate of drug-likeness (QED) is 0.207. The van der Waals surface area contributed by atoms with E-state index in [1.165, 1.54) is 0 Å². The lowest BCUT2D eigenvalue weighted by molar-refractivity contribution is -0.137. The van der Waals surface area contributed by atoms with Crippen LogP contribution >= 0.6 is 0 Å². The van der Waals surface area contributed by atoms with Crippen LogP contribution in [0, 0.1) is 13.8 Å². The fraction of sp³-hybridized carbons (Fsp3) is 0.355. The second-order valence-electron chi connectivity index (χ2n) is 10.3. The Kier molecular flexibility index (Phi) is 9.57. The van der Waals surface area contributed by atoms with Crippen molar-refractivity contribution in [1.29, 1.82) is 0 Å². The number of benzene rings is 2. The first-order valence-corrected chi connectivity index (χ1v) is 13.7. The van der Waals surface area contributed by atoms with Crippen molar-refractivity contribution >= 4 is 34.4 Å². The summed E-state index contributed by atoms with van der Waals surface area (Å²) in [5.41, 5.74) is 5.83. The van der Waals surface area contributed by atoms with Crippen LogP contribution < -0.4 is 10.6 Å². The van der Waals surface area contributed by atoms with Gasteiger partial charge in [0.1, 0.15) is 6.04 Å². The van der Waals surface area contributed by atoms with Gasteiger partial charge in [0.15, 0.2) is 0 Å². The van der Waals surface area contributed by atoms with Gasteiger partial charge >= 0.3 is 5.97 Å². The number of carboxylic acid groups (broad SMARTS) is 1. The molecule has 4 rings (SSSR count). The summed E-state index contributed by atoms with van der Waals surface area (Å²) in [5, 5.41) is 20.3. The highest BCUT2D eigenvalue weighted by atomic mass is 16.5. The van der Waals surface area contributed by atoms with Gasteiger partial charge in [-0.25, -0.2) is 0 Å². The Bertz CT molecular complexity index is 1550. The zero-order valence-electron chi connectivity index (χ0n) is 23.9. The number of aliphatic carboxylic acids is 1. The minimum Gasteiger partial charge on any atom is -0.481 e. The second kappa shape index (κ2) is 13.3. The van der Waals surface area contributed by atoms with Crippen LogP contribution in [-0.2, 0) is 27.3 Å². The molecule has 2 heterocycles. The molecule has 3 N–H and O–H groups in total. The van der Waals surface area contributed by atoms with Gasteiger partial charge in [-0.1, -0.05) is 18.2 Å². The first-order chi connectivity index (χ1) is 19.7. The van der Waals surface area contributed by atoms with Gasteiger partial charge in [-0.15, -0.1) is 0 Å². The molecule has 4 aromatic rings. The Morgan fingerprint density at radius 3 is 2.61 bits per heavy atom. The Morgan fingerprint density at radius 2 is 1.90 bits per heavy atom. The Morgan fingerprint density at radius 1 is 1.10 bits per heavy atom. The molecule has 0 saturated carbocycles. The van der Waals surface area contributed by atoms with E-state index in [-0.39, 0.29) is 18.2 Å². The van der Waals surface area contributed by atoms with Crippen LogP contribution in [-0.4, -0.2) is 57.5 Å². The van der Waals surface area contributed by atoms with Gasteiger partial charge in [0.2, 0.25) is 5.91 Å². The van der Waals surface area contributed by atoms with E-state index in [4.69, 9.17) is 9.84 Å². The molecule has 2 amide bonds. The van der Waals surface area contributed by atoms with Gasteiger partial charge < -0.3 is 25.0 Å². The zero-order chi connectivity index (χ0) is 29.5. The normalized spacial score (nSPS) is 11.9. The SMILES string of the molecule is COCCNC(=O)c1ccc2c(C)cn([C@H](C)C(=O)Nc3cc(Cn4cc(C)cn4)ccc3CCCC(=O)O)c2c1. The molecular weight excluding hydrogens is 522 g/mol. The number of nitrogens with zero attached hydrogens (tertiary/aromatic N) is 3. The summed E-state index contributed by atoms with van der Waals surface area (Å²) in [6, 6.07) is 10.8. The number of aryl methyl sites for hydroxylation is 3. The molecule has 0 bridgehead atoms. The minimum atomic E-state index is -0.850. The highest BCUT2D eigenvalue weighted by molar-refractivity contribution is 6.00. The van der Waals surface area contributed by atoms with Crippen LogP contribution in [0.4, 0.5) is 5.69 Å². The van der Waals surface area contributed by atoms with Gasteiger partial charge in [-0.3, -0.25) is 19.1 Å². The number of fused-ring (bicyclic) bond motifs is 1. The first-order valence-electron chi connectivity index (χ1n) is 13.7. The fourth-order valence-electron chi connectivity index (χ4n) is 4.85. The third-order valence-corrected chi connectivity index (χ3v) is 7.06. The number of rotatable bonds is 13. The summed E-state index contributed by atoms with van der Waals surface area (Å²) >= 11 is 0. The molecule has 10 heteroatoms. The number of hydrogen-bond acceptors (Lipinski definition) is 5. The van der Waals surface area contributed by atoms with Crippen molar-refractivity contribution in [2.45, 2.75) is 52.6 Å². The molecule has 2 aromatic carbocycles. The number of hydrogen-bond donors (Lipinski definition) is 3. The summed E-state index contributed by atoms with van der Waals surface area (Å²) in [4.78, 5) is 37.4. The predicted molar refractivity (Wildman–Crippen MR) is 157 cm³/mol. The monoisotopic (exact) mass is 559 g/mol. The van der Waals surface area contributed by atoms with E-state index < -0.39 is 12.0 Å². The Balaban J connectivity index is 1.59. The first kappa shape index (κ1) is 29.5. The fourth-order valence-corrected chi connectivity index (χ4v) is 4.85. The molecular formula is C31H37N5O5. The van der Waals surface area contributed by atoms with Crippen LogP contribution in [0.5, 0.6) is 0 Å². The van der Waals surface area contributed by atoms with Gasteiger partial charge in [-0.2, -0.15) is 5.10 Å². The lowest BCUT2D eigenvalue weighted by Gasteiger charge is -2.18. The molecule has 0 saturated heterocycles. The summed E-state index contributed by atoms with van der Waals surface area (Å²) in [6.07, 6.45) is 6.70. The predicted octanol–water partition coefficient (Wildman–Crippen LogP) is 4.49. The van der Waals surface area contributed by atoms with Gasteiger partial charge in [0, 0.05) is 54.6 Å². The molecule has 2 aromatic heterocycles. The molecule has 0 radical (unpaired) electrons. The van der Waals surface area contributed by atoms with E-state index >= 15 is 0 Å². The van der Waals surface area contributed by atoms with Crippen LogP contribution in [0.15, 0.2) is 55.0 Å². The molecule has 1 atom stereocenters. The summed E-state index contributed by atoms with van der Waals surface area (Å²) in [7, 11) is 1.58. The second-order valence-corrected chi connectivity index (χ2v) is 10.3. The maximum atomic E-state index is 13.6. The van der Waals surface area contributed by atoms with E-state index in [1.54, 1.807) is 25.4 Å². The van der Waals surface area contributed by atoms with Crippen molar-refractivity contribution in [2.75, 3.05) is 25.6 Å². The van der Waals surface area contributed by atoms with Crippen molar-refractivity contribution in [2.24, 2.45) is 0 Å². The molecule has 0 aliphatic carbocycles. The standard InChI is InChI=1S/C31H37N5O5/c1-20-16-33-35(17-20)19-23-8-9-24(6-5-7-29(37)38)27(14-23)34-30(39)22(3)36-18-21(2)26-11-10-25(15-28(26)36)31(40)32-12-13-41-4/h8-11,14-18,22H,5-7,12-13,19H2,1-4H3,(H,32,40)(H,34,39)(H,37,38)/t22-/m1/s1. The third kappa shape index (κ3) is 7.40. The maximum Gasteiger partial charge on any atom is 0.303 e. The van der Waals surface area contributed by atoms with Crippen molar-refractivity contribution in [3.63, 3.8) is 0 Å². The van der Waals surface area contributed by atoms with E-state index in [0.29, 0.717) is 43.8 Å². The van der Waals surface area contributed by atoms with E-state index in [0.717, 1.165) is 33.2 Å². The highest BCUT2D eigenvalue weighted by Gasteiger charge is 2.21. The van der Waals surface area contributed by atoms with Crippen molar-refractivity contribution in [3.05, 3.63) is 82.8 Å². The number of carbonyl (C=O) groups excluding carboxylic acids is 2. The van der Waals surface area contributed by atoms with Gasteiger partial charge in [0.05, 0.1) is 19.3 Å². The lowest BCUT2D eigenvalue weighted by atomic mass is 10.0. The number of ether oxygens (including phenoxy) is 1. The molecule has 0 aliphatic rings. The summed E-state index contributed by atoms with van der Waals surface area (Å²) in [5.74, 6) is -1.28. The minimum absolute atomic E-state index is 0.0497. The molecule has 216 valence electrons. The van der Waals surface area contributed by atoms with Gasteiger partial charge in [-0.05, 0) is 74.1 Å². The number of amides is 2. The van der Waals surface area contributed by atoms with Crippen molar-refractivity contribution in [1.82, 2.24) is 19.7 Å². The maximum absolute atomic E-state index is 13.6. The lowest BCUT2D eigenvalue weighted by Crippen LogP contribution is -2.27. The molecule has 0 spiro atoms. The number of anilines is 1. The number of methoxy groups -OCH3 is 1. The van der Waals surface area contributed by atoms with Crippen LogP contribution in [0.1, 0.15) is 58.4 Å². The van der Waals surface area contributed by atoms with Crippen LogP contribution in [0.25, 0.3) is 10.9 Å². The molecule has 0 unspecified atom stereocenters. The molecule has 41 heavy (non-hydrogen) atoms. The third-order valence-electron chi connectivity index (χ3n) is 7.06. The summed E-state index contributed by atoms with van der Waals surface area (Å²) < 4.78 is 8.73. The van der Waals surface area contributed by atoms with Crippen molar-refractivity contribution in [3.8, 4) is 0 Å². The smallest absolute Gasteiger partial charge is 0.303 e. The average Bonchev–Trinajstić information content (AvgIpc) is 3.50. The number of nitrogens with one attached hydrogen (secondary N) is 2. The average molecular weight is 560 g/mol. The Labute approximate surface area is 239 Å². The largest absolute Gasteiger partial charge is 0.481 e. The topological polar surface area (TPSA) is 127 Å². The van der Waals surface area contributed by atoms with Crippen LogP contribution in [0.2, 0.25) is 0 Å². The van der Waals surface area contributed by atoms with E-state index in [2.05, 4.69) is 15.7 Å². The van der Waals surface area contributed by atoms with Crippen LogP contribution in [0.3, 0.4) is 0 Å². The van der Waals surface area contributed by atoms with Crippen molar-refractivity contribution < 1.29 is 24.2 Å². The summed E-state index contributed by atoms with van der Waals surface area (Å²) in [6.45, 7) is 7.13. The number of carboxylic acids is 1.